The Kier molecular flexibility index (Phi) is 15.2. The summed E-state index contributed by atoms with van der Waals surface area (Å²) in [6, 6.07) is -4.53. The second-order valence-corrected chi connectivity index (χ2v) is 12.6. The number of nitrogens with two attached hydrogens (primary N) is 1. The van der Waals surface area contributed by atoms with Crippen molar-refractivity contribution in [3.8, 4) is 0 Å². The van der Waals surface area contributed by atoms with Gasteiger partial charge in [0.05, 0.1) is 0 Å². The number of hydrogen-bond acceptors (Lipinski definition) is 6. The van der Waals surface area contributed by atoms with Crippen LogP contribution in [0, 0.1) is 23.7 Å². The first-order valence-electron chi connectivity index (χ1n) is 14.9. The van der Waals surface area contributed by atoms with Crippen LogP contribution in [-0.2, 0) is 24.0 Å². The van der Waals surface area contributed by atoms with Crippen LogP contribution in [0.4, 0.5) is 0 Å². The minimum atomic E-state index is -0.918. The predicted molar refractivity (Wildman–Crippen MR) is 156 cm³/mol. The fourth-order valence-corrected chi connectivity index (χ4v) is 4.74. The average molecular weight is 567 g/mol. The molecule has 0 aromatic rings. The first-order chi connectivity index (χ1) is 18.7. The lowest BCUT2D eigenvalue weighted by molar-refractivity contribution is -0.135. The Morgan fingerprint density at radius 3 is 1.25 bits per heavy atom. The Bertz CT molecular complexity index is 860. The van der Waals surface area contributed by atoms with Gasteiger partial charge in [0, 0.05) is 0 Å². The lowest BCUT2D eigenvalue weighted by atomic mass is 9.98. The van der Waals surface area contributed by atoms with Crippen molar-refractivity contribution in [3.63, 3.8) is 0 Å². The molecule has 0 radical (unpaired) electrons. The third-order valence-electron chi connectivity index (χ3n) is 6.85. The van der Waals surface area contributed by atoms with Crippen LogP contribution >= 0.6 is 0 Å². The molecule has 0 spiro atoms. The van der Waals surface area contributed by atoms with Gasteiger partial charge >= 0.3 is 0 Å². The Morgan fingerprint density at radius 2 is 0.875 bits per heavy atom. The number of amides is 5. The summed E-state index contributed by atoms with van der Waals surface area (Å²) in [5.41, 5.74) is 5.65. The SMILES string of the molecule is CC(C)C[C@@H]1NC(=O)[C@H](CCCCN)NC(=O)[C@H](CC(C)C)NC(=O)[C@H](C(C)C)NC(=O)[C@H](CC(C)C)NC1=O. The third kappa shape index (κ3) is 12.2. The maximum Gasteiger partial charge on any atom is 0.243 e. The highest BCUT2D eigenvalue weighted by Gasteiger charge is 2.35. The summed E-state index contributed by atoms with van der Waals surface area (Å²) in [4.78, 5) is 67.3. The van der Waals surface area contributed by atoms with Crippen LogP contribution < -0.4 is 32.3 Å². The third-order valence-corrected chi connectivity index (χ3v) is 6.85. The molecule has 7 N–H and O–H groups in total. The molecule has 1 fully saturated rings. The normalized spacial score (nSPS) is 25.7. The molecule has 0 unspecified atom stereocenters. The maximum atomic E-state index is 13.5. The quantitative estimate of drug-likeness (QED) is 0.206. The van der Waals surface area contributed by atoms with Crippen LogP contribution in [0.5, 0.6) is 0 Å². The molecule has 230 valence electrons. The second-order valence-electron chi connectivity index (χ2n) is 12.6. The molecule has 1 saturated heterocycles. The van der Waals surface area contributed by atoms with Crippen molar-refractivity contribution in [2.45, 2.75) is 124 Å². The average Bonchev–Trinajstić information content (AvgIpc) is 2.83. The molecule has 5 amide bonds. The van der Waals surface area contributed by atoms with Gasteiger partial charge in [-0.15, -0.1) is 0 Å². The van der Waals surface area contributed by atoms with Gasteiger partial charge in [-0.05, 0) is 68.7 Å². The van der Waals surface area contributed by atoms with E-state index < -0.39 is 59.7 Å². The number of nitrogens with one attached hydrogen (secondary N) is 5. The second kappa shape index (κ2) is 17.2. The topological polar surface area (TPSA) is 172 Å². The van der Waals surface area contributed by atoms with Gasteiger partial charge in [-0.25, -0.2) is 0 Å². The van der Waals surface area contributed by atoms with Crippen molar-refractivity contribution in [1.82, 2.24) is 26.6 Å². The van der Waals surface area contributed by atoms with Crippen molar-refractivity contribution >= 4 is 29.5 Å². The van der Waals surface area contributed by atoms with Gasteiger partial charge in [-0.3, -0.25) is 24.0 Å². The van der Waals surface area contributed by atoms with E-state index in [-0.39, 0.29) is 23.7 Å². The van der Waals surface area contributed by atoms with Gasteiger partial charge in [0.1, 0.15) is 30.2 Å². The predicted octanol–water partition coefficient (Wildman–Crippen LogP) is 1.35. The number of rotatable bonds is 11. The monoisotopic (exact) mass is 566 g/mol. The molecule has 1 aliphatic rings. The summed E-state index contributed by atoms with van der Waals surface area (Å²) in [7, 11) is 0. The first kappa shape index (κ1) is 35.3. The van der Waals surface area contributed by atoms with Crippen LogP contribution in [0.2, 0.25) is 0 Å². The van der Waals surface area contributed by atoms with Gasteiger partial charge in [0.25, 0.3) is 0 Å². The number of carbonyl (C=O) groups excluding carboxylic acids is 5. The molecule has 1 aliphatic heterocycles. The van der Waals surface area contributed by atoms with Crippen LogP contribution in [0.3, 0.4) is 0 Å². The molecule has 0 aromatic carbocycles. The van der Waals surface area contributed by atoms with Crippen molar-refractivity contribution < 1.29 is 24.0 Å². The maximum absolute atomic E-state index is 13.5. The first-order valence-corrected chi connectivity index (χ1v) is 14.9. The number of hydrogen-bond donors (Lipinski definition) is 6. The van der Waals surface area contributed by atoms with E-state index in [0.717, 1.165) is 0 Å². The van der Waals surface area contributed by atoms with Gasteiger partial charge < -0.3 is 32.3 Å². The minimum Gasteiger partial charge on any atom is -0.343 e. The Balaban J connectivity index is 3.57. The summed E-state index contributed by atoms with van der Waals surface area (Å²) in [5.74, 6) is -2.48. The summed E-state index contributed by atoms with van der Waals surface area (Å²) in [6.07, 6.45) is 2.65. The summed E-state index contributed by atoms with van der Waals surface area (Å²) < 4.78 is 0. The molecule has 0 aromatic heterocycles. The molecule has 11 heteroatoms. The van der Waals surface area contributed by atoms with Crippen LogP contribution in [0.25, 0.3) is 0 Å². The standard InChI is InChI=1S/C29H54N6O5/c1-16(2)13-21-27(38)33-23(15-18(5)6)28(39)35-24(19(7)8)29(40)34-22(14-17(3)4)26(37)31-20(25(36)32-21)11-9-10-12-30/h16-24H,9-15,30H2,1-8H3,(H,31,37)(H,32,36)(H,33,38)(H,34,40)(H,35,39)/t20-,21-,22-,23-,24-/m0/s1. The minimum absolute atomic E-state index is 0.0717. The van der Waals surface area contributed by atoms with Crippen LogP contribution in [0.1, 0.15) is 93.9 Å². The summed E-state index contributed by atoms with van der Waals surface area (Å²) in [6.45, 7) is 15.7. The molecular weight excluding hydrogens is 512 g/mol. The molecular formula is C29H54N6O5. The Labute approximate surface area is 240 Å². The van der Waals surface area contributed by atoms with Crippen LogP contribution in [-0.4, -0.2) is 66.3 Å². The van der Waals surface area contributed by atoms with E-state index in [9.17, 15) is 24.0 Å². The zero-order valence-electron chi connectivity index (χ0n) is 25.8. The molecule has 0 aliphatic carbocycles. The molecule has 1 heterocycles. The summed E-state index contributed by atoms with van der Waals surface area (Å²) in [5, 5.41) is 14.1. The molecule has 40 heavy (non-hydrogen) atoms. The molecule has 1 rings (SSSR count). The lowest BCUT2D eigenvalue weighted by Crippen LogP contribution is -2.59. The van der Waals surface area contributed by atoms with E-state index in [1.807, 2.05) is 41.5 Å². The van der Waals surface area contributed by atoms with Crippen molar-refractivity contribution in [2.75, 3.05) is 6.54 Å². The molecule has 0 saturated carbocycles. The zero-order chi connectivity index (χ0) is 30.6. The van der Waals surface area contributed by atoms with E-state index >= 15 is 0 Å². The van der Waals surface area contributed by atoms with E-state index in [0.29, 0.717) is 45.1 Å². The van der Waals surface area contributed by atoms with E-state index in [4.69, 9.17) is 5.73 Å². The molecule has 0 bridgehead atoms. The van der Waals surface area contributed by atoms with Crippen molar-refractivity contribution in [3.05, 3.63) is 0 Å². The lowest BCUT2D eigenvalue weighted by Gasteiger charge is -2.28. The zero-order valence-corrected chi connectivity index (χ0v) is 25.8. The Morgan fingerprint density at radius 1 is 0.525 bits per heavy atom. The highest BCUT2D eigenvalue weighted by atomic mass is 16.2. The highest BCUT2D eigenvalue weighted by molar-refractivity contribution is 5.97. The highest BCUT2D eigenvalue weighted by Crippen LogP contribution is 2.13. The van der Waals surface area contributed by atoms with Gasteiger partial charge in [-0.2, -0.15) is 0 Å². The van der Waals surface area contributed by atoms with Crippen molar-refractivity contribution in [2.24, 2.45) is 29.4 Å². The van der Waals surface area contributed by atoms with Gasteiger partial charge in [0.15, 0.2) is 0 Å². The van der Waals surface area contributed by atoms with Crippen LogP contribution in [0.15, 0.2) is 0 Å². The van der Waals surface area contributed by atoms with Gasteiger partial charge in [-0.1, -0.05) is 55.4 Å². The van der Waals surface area contributed by atoms with Gasteiger partial charge in [0.2, 0.25) is 29.5 Å². The smallest absolute Gasteiger partial charge is 0.243 e. The van der Waals surface area contributed by atoms with Crippen molar-refractivity contribution in [1.29, 1.82) is 0 Å². The molecule has 5 atom stereocenters. The van der Waals surface area contributed by atoms with E-state index in [1.54, 1.807) is 13.8 Å². The fraction of sp³-hybridized carbons (Fsp3) is 0.828. The largest absolute Gasteiger partial charge is 0.343 e. The molecule has 11 nitrogen and oxygen atoms in total. The fourth-order valence-electron chi connectivity index (χ4n) is 4.74. The Hall–Kier alpha value is -2.69. The van der Waals surface area contributed by atoms with E-state index in [2.05, 4.69) is 26.6 Å². The number of carbonyl (C=O) groups is 5. The summed E-state index contributed by atoms with van der Waals surface area (Å²) >= 11 is 0. The van der Waals surface area contributed by atoms with E-state index in [1.165, 1.54) is 0 Å². The number of unbranched alkanes of at least 4 members (excludes halogenated alkanes) is 1.